The Balaban J connectivity index is 2.15. The molecule has 0 radical (unpaired) electrons. The van der Waals surface area contributed by atoms with Crippen molar-refractivity contribution in [3.63, 3.8) is 0 Å². The van der Waals surface area contributed by atoms with Crippen molar-refractivity contribution >= 4 is 23.2 Å². The molecule has 0 saturated heterocycles. The van der Waals surface area contributed by atoms with Crippen LogP contribution in [-0.2, 0) is 9.59 Å². The van der Waals surface area contributed by atoms with Gasteiger partial charge in [0.2, 0.25) is 11.8 Å². The summed E-state index contributed by atoms with van der Waals surface area (Å²) in [6.45, 7) is 4.66. The second-order valence-electron chi connectivity index (χ2n) is 5.49. The maximum absolute atomic E-state index is 12.4. The van der Waals surface area contributed by atoms with Crippen LogP contribution in [0.4, 0.5) is 11.4 Å². The summed E-state index contributed by atoms with van der Waals surface area (Å²) >= 11 is 0. The molecule has 2 rings (SSSR count). The van der Waals surface area contributed by atoms with E-state index in [9.17, 15) is 19.5 Å². The number of carbonyl (C=O) groups excluding carboxylic acids is 2. The van der Waals surface area contributed by atoms with Crippen molar-refractivity contribution in [1.82, 2.24) is 4.57 Å². The largest absolute Gasteiger partial charge is 0.508 e. The lowest BCUT2D eigenvalue weighted by Crippen LogP contribution is -2.32. The second kappa shape index (κ2) is 6.99. The van der Waals surface area contributed by atoms with E-state index in [4.69, 9.17) is 0 Å². The molecular weight excluding hydrogens is 310 g/mol. The molecule has 0 fully saturated rings. The van der Waals surface area contributed by atoms with Crippen LogP contribution in [0.15, 0.2) is 41.2 Å². The minimum Gasteiger partial charge on any atom is -0.508 e. The van der Waals surface area contributed by atoms with E-state index >= 15 is 0 Å². The van der Waals surface area contributed by atoms with Gasteiger partial charge < -0.3 is 20.3 Å². The van der Waals surface area contributed by atoms with Gasteiger partial charge in [0.1, 0.15) is 11.8 Å². The first-order chi connectivity index (χ1) is 11.3. The number of pyridine rings is 1. The van der Waals surface area contributed by atoms with Gasteiger partial charge in [0.05, 0.1) is 0 Å². The van der Waals surface area contributed by atoms with E-state index in [1.165, 1.54) is 17.6 Å². The van der Waals surface area contributed by atoms with Gasteiger partial charge in [-0.3, -0.25) is 14.4 Å². The molecule has 1 aromatic carbocycles. The molecule has 2 amide bonds. The first kappa shape index (κ1) is 17.3. The van der Waals surface area contributed by atoms with E-state index in [-0.39, 0.29) is 17.6 Å². The summed E-state index contributed by atoms with van der Waals surface area (Å²) in [5.41, 5.74) is 1.21. The molecule has 0 spiro atoms. The number of nitrogens with zero attached hydrogens (tertiary/aromatic N) is 1. The zero-order valence-corrected chi connectivity index (χ0v) is 13.7. The summed E-state index contributed by atoms with van der Waals surface area (Å²) in [5.74, 6) is -0.671. The SMILES string of the molecule is CC(=O)Nc1ccc(NC(=O)C(C)n2c(C)cc(O)cc2=O)cc1. The number of nitrogens with one attached hydrogen (secondary N) is 2. The Labute approximate surface area is 138 Å². The number of aromatic nitrogens is 1. The minimum absolute atomic E-state index is 0.130. The van der Waals surface area contributed by atoms with Crippen molar-refractivity contribution < 1.29 is 14.7 Å². The molecule has 1 atom stereocenters. The molecule has 7 nitrogen and oxygen atoms in total. The lowest BCUT2D eigenvalue weighted by atomic mass is 10.2. The molecule has 1 aromatic heterocycles. The van der Waals surface area contributed by atoms with Gasteiger partial charge in [-0.2, -0.15) is 0 Å². The number of amides is 2. The third-order valence-corrected chi connectivity index (χ3v) is 3.49. The van der Waals surface area contributed by atoms with Crippen molar-refractivity contribution in [1.29, 1.82) is 0 Å². The Hall–Kier alpha value is -3.09. The van der Waals surface area contributed by atoms with Crippen LogP contribution in [0.1, 0.15) is 25.6 Å². The van der Waals surface area contributed by atoms with E-state index in [0.717, 1.165) is 6.07 Å². The van der Waals surface area contributed by atoms with Gasteiger partial charge in [-0.15, -0.1) is 0 Å². The van der Waals surface area contributed by atoms with Crippen molar-refractivity contribution in [3.8, 4) is 5.75 Å². The Morgan fingerprint density at radius 3 is 2.12 bits per heavy atom. The molecule has 1 unspecified atom stereocenters. The lowest BCUT2D eigenvalue weighted by molar-refractivity contribution is -0.119. The average Bonchev–Trinajstić information content (AvgIpc) is 2.47. The minimum atomic E-state index is -0.742. The molecule has 2 aromatic rings. The molecule has 0 aliphatic carbocycles. The van der Waals surface area contributed by atoms with Crippen molar-refractivity contribution in [2.75, 3.05) is 10.6 Å². The van der Waals surface area contributed by atoms with Crippen LogP contribution in [0.2, 0.25) is 0 Å². The van der Waals surface area contributed by atoms with Gasteiger partial charge >= 0.3 is 0 Å². The summed E-state index contributed by atoms with van der Waals surface area (Å²) in [6.07, 6.45) is 0. The molecule has 7 heteroatoms. The zero-order chi connectivity index (χ0) is 17.9. The van der Waals surface area contributed by atoms with Gasteiger partial charge in [-0.25, -0.2) is 0 Å². The number of anilines is 2. The zero-order valence-electron chi connectivity index (χ0n) is 13.7. The third kappa shape index (κ3) is 4.01. The number of aromatic hydroxyl groups is 1. The maximum atomic E-state index is 12.4. The Morgan fingerprint density at radius 1 is 1.08 bits per heavy atom. The standard InChI is InChI=1S/C17H19N3O4/c1-10-8-15(22)9-16(23)20(10)11(2)17(24)19-14-6-4-13(5-7-14)18-12(3)21/h4-9,11,22H,1-3H3,(H,18,21)(H,19,24). The molecule has 0 aliphatic heterocycles. The predicted molar refractivity (Wildman–Crippen MR) is 91.2 cm³/mol. The smallest absolute Gasteiger partial charge is 0.255 e. The number of benzene rings is 1. The summed E-state index contributed by atoms with van der Waals surface area (Å²) in [7, 11) is 0. The number of hydrogen-bond acceptors (Lipinski definition) is 4. The van der Waals surface area contributed by atoms with Crippen LogP contribution in [0.5, 0.6) is 5.75 Å². The van der Waals surface area contributed by atoms with E-state index in [1.807, 2.05) is 0 Å². The molecule has 0 saturated carbocycles. The van der Waals surface area contributed by atoms with Crippen LogP contribution >= 0.6 is 0 Å². The quantitative estimate of drug-likeness (QED) is 0.799. The molecular formula is C17H19N3O4. The molecule has 24 heavy (non-hydrogen) atoms. The highest BCUT2D eigenvalue weighted by molar-refractivity contribution is 5.94. The van der Waals surface area contributed by atoms with Crippen LogP contribution in [0.3, 0.4) is 0 Å². The average molecular weight is 329 g/mol. The third-order valence-electron chi connectivity index (χ3n) is 3.49. The summed E-state index contributed by atoms with van der Waals surface area (Å²) in [6, 6.07) is 8.39. The highest BCUT2D eigenvalue weighted by Crippen LogP contribution is 2.17. The number of carbonyl (C=O) groups is 2. The first-order valence-corrected chi connectivity index (χ1v) is 7.38. The molecule has 1 heterocycles. The van der Waals surface area contributed by atoms with Crippen molar-refractivity contribution in [3.05, 3.63) is 52.4 Å². The number of aryl methyl sites for hydroxylation is 1. The Kier molecular flexibility index (Phi) is 5.03. The fourth-order valence-corrected chi connectivity index (χ4v) is 2.40. The lowest BCUT2D eigenvalue weighted by Gasteiger charge is -2.18. The van der Waals surface area contributed by atoms with E-state index in [0.29, 0.717) is 17.1 Å². The highest BCUT2D eigenvalue weighted by Gasteiger charge is 2.18. The summed E-state index contributed by atoms with van der Waals surface area (Å²) in [5, 5.41) is 14.8. The fourth-order valence-electron chi connectivity index (χ4n) is 2.40. The van der Waals surface area contributed by atoms with Crippen LogP contribution in [-0.4, -0.2) is 21.5 Å². The molecule has 0 bridgehead atoms. The van der Waals surface area contributed by atoms with Gasteiger partial charge in [0.15, 0.2) is 0 Å². The fraction of sp³-hybridized carbons (Fsp3) is 0.235. The van der Waals surface area contributed by atoms with Crippen LogP contribution in [0.25, 0.3) is 0 Å². The molecule has 0 aliphatic rings. The van der Waals surface area contributed by atoms with Crippen LogP contribution in [0, 0.1) is 6.92 Å². The van der Waals surface area contributed by atoms with Gasteiger partial charge in [0.25, 0.3) is 5.56 Å². The summed E-state index contributed by atoms with van der Waals surface area (Å²) < 4.78 is 1.31. The molecule has 126 valence electrons. The highest BCUT2D eigenvalue weighted by atomic mass is 16.3. The van der Waals surface area contributed by atoms with Gasteiger partial charge in [-0.1, -0.05) is 0 Å². The Bertz CT molecular complexity index is 825. The van der Waals surface area contributed by atoms with Gasteiger partial charge in [-0.05, 0) is 44.2 Å². The normalized spacial score (nSPS) is 11.6. The van der Waals surface area contributed by atoms with E-state index < -0.39 is 11.6 Å². The van der Waals surface area contributed by atoms with Crippen LogP contribution < -0.4 is 16.2 Å². The van der Waals surface area contributed by atoms with Gasteiger partial charge in [0, 0.05) is 30.1 Å². The van der Waals surface area contributed by atoms with Crippen molar-refractivity contribution in [2.24, 2.45) is 0 Å². The van der Waals surface area contributed by atoms with E-state index in [1.54, 1.807) is 38.1 Å². The first-order valence-electron chi connectivity index (χ1n) is 7.38. The topological polar surface area (TPSA) is 100 Å². The predicted octanol–water partition coefficient (Wildman–Crippen LogP) is 2.02. The number of hydrogen-bond donors (Lipinski definition) is 3. The Morgan fingerprint density at radius 2 is 1.62 bits per heavy atom. The number of rotatable bonds is 4. The van der Waals surface area contributed by atoms with Crippen molar-refractivity contribution in [2.45, 2.75) is 26.8 Å². The maximum Gasteiger partial charge on any atom is 0.255 e. The summed E-state index contributed by atoms with van der Waals surface area (Å²) in [4.78, 5) is 35.3. The van der Waals surface area contributed by atoms with E-state index in [2.05, 4.69) is 10.6 Å². The monoisotopic (exact) mass is 329 g/mol. The second-order valence-corrected chi connectivity index (χ2v) is 5.49. The molecule has 3 N–H and O–H groups in total.